The van der Waals surface area contributed by atoms with E-state index in [9.17, 15) is 0 Å². The highest BCUT2D eigenvalue weighted by Crippen LogP contribution is 2.18. The van der Waals surface area contributed by atoms with Gasteiger partial charge in [-0.15, -0.1) is 11.3 Å². The Labute approximate surface area is 94.9 Å². The summed E-state index contributed by atoms with van der Waals surface area (Å²) in [7, 11) is 0. The predicted molar refractivity (Wildman–Crippen MR) is 69.2 cm³/mol. The van der Waals surface area contributed by atoms with Crippen LogP contribution in [0.1, 0.15) is 20.9 Å². The summed E-state index contributed by atoms with van der Waals surface area (Å²) in [6, 6.07) is 12.9. The standard InChI is InChI=1S/C14H14S/c1-11-3-6-13(7-4-11)8-10-14-9-5-12(2)15-14/h3-10H,1-2H3/b10-8-. The average molecular weight is 214 g/mol. The van der Waals surface area contributed by atoms with Gasteiger partial charge in [-0.3, -0.25) is 0 Å². The largest absolute Gasteiger partial charge is 0.141 e. The Morgan fingerprint density at radius 1 is 0.867 bits per heavy atom. The maximum absolute atomic E-state index is 2.17. The van der Waals surface area contributed by atoms with E-state index in [1.54, 1.807) is 0 Å². The molecule has 0 radical (unpaired) electrons. The third-order valence-electron chi connectivity index (χ3n) is 2.28. The van der Waals surface area contributed by atoms with E-state index >= 15 is 0 Å². The Kier molecular flexibility index (Phi) is 3.02. The average Bonchev–Trinajstić information content (AvgIpc) is 2.64. The second-order valence-electron chi connectivity index (χ2n) is 3.69. The van der Waals surface area contributed by atoms with E-state index in [1.165, 1.54) is 20.9 Å². The number of benzene rings is 1. The summed E-state index contributed by atoms with van der Waals surface area (Å²) >= 11 is 1.82. The Morgan fingerprint density at radius 3 is 2.20 bits per heavy atom. The number of rotatable bonds is 2. The lowest BCUT2D eigenvalue weighted by Gasteiger charge is -1.93. The zero-order chi connectivity index (χ0) is 10.7. The van der Waals surface area contributed by atoms with Gasteiger partial charge in [0.25, 0.3) is 0 Å². The summed E-state index contributed by atoms with van der Waals surface area (Å²) in [4.78, 5) is 2.67. The van der Waals surface area contributed by atoms with Gasteiger partial charge >= 0.3 is 0 Å². The molecule has 2 rings (SSSR count). The molecular weight excluding hydrogens is 200 g/mol. The summed E-state index contributed by atoms with van der Waals surface area (Å²) in [6.07, 6.45) is 4.33. The molecule has 76 valence electrons. The summed E-state index contributed by atoms with van der Waals surface area (Å²) in [6.45, 7) is 4.24. The molecule has 1 aromatic heterocycles. The van der Waals surface area contributed by atoms with Crippen LogP contribution in [-0.2, 0) is 0 Å². The van der Waals surface area contributed by atoms with Crippen molar-refractivity contribution in [3.8, 4) is 0 Å². The van der Waals surface area contributed by atoms with Crippen LogP contribution in [-0.4, -0.2) is 0 Å². The quantitative estimate of drug-likeness (QED) is 0.688. The van der Waals surface area contributed by atoms with Crippen molar-refractivity contribution < 1.29 is 0 Å². The van der Waals surface area contributed by atoms with E-state index in [4.69, 9.17) is 0 Å². The summed E-state index contributed by atoms with van der Waals surface area (Å²) in [5.74, 6) is 0. The summed E-state index contributed by atoms with van der Waals surface area (Å²) < 4.78 is 0. The van der Waals surface area contributed by atoms with Crippen LogP contribution < -0.4 is 0 Å². The molecule has 0 bridgehead atoms. The lowest BCUT2D eigenvalue weighted by molar-refractivity contribution is 1.46. The second kappa shape index (κ2) is 4.45. The first-order chi connectivity index (χ1) is 7.24. The lowest BCUT2D eigenvalue weighted by atomic mass is 10.1. The number of aryl methyl sites for hydroxylation is 2. The minimum Gasteiger partial charge on any atom is -0.141 e. The Bertz CT molecular complexity index is 460. The molecule has 0 amide bonds. The van der Waals surface area contributed by atoms with Gasteiger partial charge in [-0.25, -0.2) is 0 Å². The van der Waals surface area contributed by atoms with Gasteiger partial charge in [-0.2, -0.15) is 0 Å². The van der Waals surface area contributed by atoms with E-state index in [0.717, 1.165) is 0 Å². The molecule has 1 heterocycles. The van der Waals surface area contributed by atoms with Gasteiger partial charge in [-0.1, -0.05) is 35.9 Å². The molecule has 0 N–H and O–H groups in total. The van der Waals surface area contributed by atoms with Crippen LogP contribution in [0.25, 0.3) is 12.2 Å². The third-order valence-corrected chi connectivity index (χ3v) is 3.24. The molecule has 0 saturated heterocycles. The van der Waals surface area contributed by atoms with Gasteiger partial charge in [0.05, 0.1) is 0 Å². The normalized spacial score (nSPS) is 11.1. The Morgan fingerprint density at radius 2 is 1.60 bits per heavy atom. The van der Waals surface area contributed by atoms with Crippen molar-refractivity contribution in [1.29, 1.82) is 0 Å². The first-order valence-electron chi connectivity index (χ1n) is 5.05. The highest BCUT2D eigenvalue weighted by atomic mass is 32.1. The summed E-state index contributed by atoms with van der Waals surface area (Å²) in [5.41, 5.74) is 2.56. The fraction of sp³-hybridized carbons (Fsp3) is 0.143. The van der Waals surface area contributed by atoms with Crippen molar-refractivity contribution in [3.05, 3.63) is 57.3 Å². The van der Waals surface area contributed by atoms with Crippen molar-refractivity contribution in [1.82, 2.24) is 0 Å². The maximum atomic E-state index is 2.17. The highest BCUT2D eigenvalue weighted by Gasteiger charge is 1.91. The molecule has 0 aliphatic carbocycles. The molecule has 0 fully saturated rings. The molecule has 0 aliphatic rings. The molecule has 0 saturated carbocycles. The van der Waals surface area contributed by atoms with Gasteiger partial charge in [0.15, 0.2) is 0 Å². The number of hydrogen-bond donors (Lipinski definition) is 0. The molecule has 0 nitrogen and oxygen atoms in total. The van der Waals surface area contributed by atoms with Crippen LogP contribution in [0.15, 0.2) is 36.4 Å². The topological polar surface area (TPSA) is 0 Å². The van der Waals surface area contributed by atoms with Gasteiger partial charge in [0.1, 0.15) is 0 Å². The molecule has 1 heteroatoms. The number of thiophene rings is 1. The zero-order valence-electron chi connectivity index (χ0n) is 9.03. The highest BCUT2D eigenvalue weighted by molar-refractivity contribution is 7.12. The molecule has 0 aliphatic heterocycles. The molecular formula is C14H14S. The summed E-state index contributed by atoms with van der Waals surface area (Å²) in [5, 5.41) is 0. The minimum atomic E-state index is 1.26. The maximum Gasteiger partial charge on any atom is 0.0273 e. The Balaban J connectivity index is 2.14. The van der Waals surface area contributed by atoms with Crippen LogP contribution in [0, 0.1) is 13.8 Å². The molecule has 0 unspecified atom stereocenters. The van der Waals surface area contributed by atoms with Crippen molar-refractivity contribution >= 4 is 23.5 Å². The lowest BCUT2D eigenvalue weighted by Crippen LogP contribution is -1.72. The van der Waals surface area contributed by atoms with E-state index in [-0.39, 0.29) is 0 Å². The molecule has 1 aromatic carbocycles. The second-order valence-corrected chi connectivity index (χ2v) is 5.01. The monoisotopic (exact) mass is 214 g/mol. The third kappa shape index (κ3) is 2.80. The van der Waals surface area contributed by atoms with Crippen molar-refractivity contribution in [2.45, 2.75) is 13.8 Å². The van der Waals surface area contributed by atoms with Crippen LogP contribution in [0.4, 0.5) is 0 Å². The minimum absolute atomic E-state index is 1.26. The van der Waals surface area contributed by atoms with Gasteiger partial charge in [0.2, 0.25) is 0 Å². The van der Waals surface area contributed by atoms with E-state index in [0.29, 0.717) is 0 Å². The molecule has 15 heavy (non-hydrogen) atoms. The molecule has 2 aromatic rings. The van der Waals surface area contributed by atoms with Crippen molar-refractivity contribution in [2.24, 2.45) is 0 Å². The number of hydrogen-bond acceptors (Lipinski definition) is 1. The van der Waals surface area contributed by atoms with Crippen LogP contribution >= 0.6 is 11.3 Å². The SMILES string of the molecule is Cc1ccc(/C=C\c2ccc(C)s2)cc1. The fourth-order valence-corrected chi connectivity index (χ4v) is 2.18. The van der Waals surface area contributed by atoms with Crippen LogP contribution in [0.5, 0.6) is 0 Å². The predicted octanol–water partition coefficient (Wildman–Crippen LogP) is 4.54. The first kappa shape index (κ1) is 10.2. The van der Waals surface area contributed by atoms with Gasteiger partial charge in [0, 0.05) is 9.75 Å². The van der Waals surface area contributed by atoms with Gasteiger partial charge in [-0.05, 0) is 37.6 Å². The van der Waals surface area contributed by atoms with Crippen LogP contribution in [0.3, 0.4) is 0 Å². The zero-order valence-corrected chi connectivity index (χ0v) is 9.84. The van der Waals surface area contributed by atoms with E-state index in [2.05, 4.69) is 62.4 Å². The fourth-order valence-electron chi connectivity index (χ4n) is 1.40. The van der Waals surface area contributed by atoms with Crippen molar-refractivity contribution in [3.63, 3.8) is 0 Å². The molecule has 0 spiro atoms. The Hall–Kier alpha value is -1.34. The van der Waals surface area contributed by atoms with E-state index < -0.39 is 0 Å². The van der Waals surface area contributed by atoms with E-state index in [1.807, 2.05) is 11.3 Å². The smallest absolute Gasteiger partial charge is 0.0273 e. The van der Waals surface area contributed by atoms with Crippen molar-refractivity contribution in [2.75, 3.05) is 0 Å². The first-order valence-corrected chi connectivity index (χ1v) is 5.87. The van der Waals surface area contributed by atoms with Gasteiger partial charge < -0.3 is 0 Å². The molecule has 0 atom stereocenters. The van der Waals surface area contributed by atoms with Crippen LogP contribution in [0.2, 0.25) is 0 Å².